The molecule has 0 spiro atoms. The molecule has 2 heterocycles. The van der Waals surface area contributed by atoms with Crippen LogP contribution in [0.4, 0.5) is 5.69 Å². The summed E-state index contributed by atoms with van der Waals surface area (Å²) in [6.07, 6.45) is 5.28. The number of fused-ring (bicyclic) bond motifs is 2. The van der Waals surface area contributed by atoms with Crippen LogP contribution in [0.3, 0.4) is 0 Å². The first kappa shape index (κ1) is 13.9. The zero-order chi connectivity index (χ0) is 13.9. The smallest absolute Gasteiger partial charge is 0.0713 e. The summed E-state index contributed by atoms with van der Waals surface area (Å²) < 4.78 is 5.26. The number of piperidine rings is 1. The van der Waals surface area contributed by atoms with Crippen LogP contribution in [0.5, 0.6) is 0 Å². The van der Waals surface area contributed by atoms with E-state index in [9.17, 15) is 0 Å². The molecule has 3 rings (SSSR count). The van der Waals surface area contributed by atoms with Crippen LogP contribution in [-0.2, 0) is 11.3 Å². The van der Waals surface area contributed by atoms with Crippen molar-refractivity contribution in [3.05, 3.63) is 29.8 Å². The third-order valence-corrected chi connectivity index (χ3v) is 4.75. The lowest BCUT2D eigenvalue weighted by Crippen LogP contribution is -2.49. The highest BCUT2D eigenvalue weighted by Gasteiger charge is 2.40. The van der Waals surface area contributed by atoms with Gasteiger partial charge in [0.15, 0.2) is 0 Å². The maximum atomic E-state index is 5.26. The fraction of sp³-hybridized carbons (Fsp3) is 0.647. The largest absolute Gasteiger partial charge is 0.380 e. The molecule has 1 aromatic carbocycles. The van der Waals surface area contributed by atoms with E-state index < -0.39 is 0 Å². The highest BCUT2D eigenvalue weighted by Crippen LogP contribution is 2.39. The molecule has 0 amide bonds. The van der Waals surface area contributed by atoms with E-state index in [-0.39, 0.29) is 0 Å². The Kier molecular flexibility index (Phi) is 4.27. The average Bonchev–Trinajstić information content (AvgIpc) is 2.71. The molecule has 110 valence electrons. The molecule has 0 aromatic heterocycles. The second-order valence-corrected chi connectivity index (χ2v) is 6.12. The summed E-state index contributed by atoms with van der Waals surface area (Å²) in [7, 11) is 1.76. The highest BCUT2D eigenvalue weighted by molar-refractivity contribution is 5.52. The first-order chi connectivity index (χ1) is 9.81. The number of methoxy groups -OCH3 is 1. The number of hydrogen-bond donors (Lipinski definition) is 1. The molecule has 1 aromatic rings. The average molecular weight is 274 g/mol. The van der Waals surface area contributed by atoms with Crippen molar-refractivity contribution >= 4 is 5.69 Å². The van der Waals surface area contributed by atoms with Gasteiger partial charge in [0.1, 0.15) is 0 Å². The van der Waals surface area contributed by atoms with E-state index in [4.69, 9.17) is 4.74 Å². The lowest BCUT2D eigenvalue weighted by Gasteiger charge is -2.41. The summed E-state index contributed by atoms with van der Waals surface area (Å²) in [4.78, 5) is 2.67. The second kappa shape index (κ2) is 6.15. The van der Waals surface area contributed by atoms with E-state index in [1.807, 2.05) is 0 Å². The van der Waals surface area contributed by atoms with E-state index >= 15 is 0 Å². The molecule has 2 aliphatic heterocycles. The van der Waals surface area contributed by atoms with E-state index in [1.165, 1.54) is 36.9 Å². The van der Waals surface area contributed by atoms with Gasteiger partial charge >= 0.3 is 0 Å². The number of anilines is 1. The first-order valence-corrected chi connectivity index (χ1v) is 7.91. The van der Waals surface area contributed by atoms with Crippen LogP contribution in [0.2, 0.25) is 0 Å². The van der Waals surface area contributed by atoms with Gasteiger partial charge in [0.2, 0.25) is 0 Å². The number of rotatable bonds is 5. The lowest BCUT2D eigenvalue weighted by atomic mass is 9.96. The van der Waals surface area contributed by atoms with Gasteiger partial charge in [-0.15, -0.1) is 0 Å². The van der Waals surface area contributed by atoms with Gasteiger partial charge < -0.3 is 15.0 Å². The van der Waals surface area contributed by atoms with E-state index in [1.54, 1.807) is 7.11 Å². The van der Waals surface area contributed by atoms with Gasteiger partial charge in [-0.2, -0.15) is 0 Å². The molecule has 0 radical (unpaired) electrons. The number of nitrogens with one attached hydrogen (secondary N) is 1. The van der Waals surface area contributed by atoms with Crippen LogP contribution < -0.4 is 10.2 Å². The molecule has 2 aliphatic rings. The van der Waals surface area contributed by atoms with Crippen molar-refractivity contribution in [2.45, 2.75) is 57.3 Å². The molecule has 3 nitrogen and oxygen atoms in total. The van der Waals surface area contributed by atoms with Crippen molar-refractivity contribution in [2.75, 3.05) is 18.6 Å². The van der Waals surface area contributed by atoms with Gasteiger partial charge in [0.05, 0.1) is 6.61 Å². The topological polar surface area (TPSA) is 24.5 Å². The minimum Gasteiger partial charge on any atom is -0.380 e. The Morgan fingerprint density at radius 1 is 1.25 bits per heavy atom. The van der Waals surface area contributed by atoms with Crippen LogP contribution in [0.15, 0.2) is 24.3 Å². The molecule has 1 N–H and O–H groups in total. The Morgan fingerprint density at radius 2 is 2.00 bits per heavy atom. The Bertz CT molecular complexity index is 434. The molecule has 2 fully saturated rings. The number of hydrogen-bond acceptors (Lipinski definition) is 3. The second-order valence-electron chi connectivity index (χ2n) is 6.12. The fourth-order valence-corrected chi connectivity index (χ4v) is 4.03. The zero-order valence-corrected chi connectivity index (χ0v) is 12.6. The molecule has 2 bridgehead atoms. The third-order valence-electron chi connectivity index (χ3n) is 4.75. The summed E-state index contributed by atoms with van der Waals surface area (Å²) in [6.45, 7) is 4.01. The van der Waals surface area contributed by atoms with Crippen molar-refractivity contribution < 1.29 is 4.74 Å². The standard InChI is InChI=1S/C17H26N2O/c1-3-18-14-10-16-7-8-17(11-14)19(16)15-6-4-5-13(9-15)12-20-2/h4-6,9,14,16-18H,3,7-8,10-12H2,1-2H3. The van der Waals surface area contributed by atoms with Crippen molar-refractivity contribution in [3.63, 3.8) is 0 Å². The van der Waals surface area contributed by atoms with Crippen LogP contribution in [0, 0.1) is 0 Å². The third kappa shape index (κ3) is 2.70. The summed E-state index contributed by atoms with van der Waals surface area (Å²) in [5.41, 5.74) is 2.67. The van der Waals surface area contributed by atoms with E-state index in [0.29, 0.717) is 6.61 Å². The summed E-state index contributed by atoms with van der Waals surface area (Å²) in [6, 6.07) is 11.0. The SMILES string of the molecule is CCNC1CC2CCC(C1)N2c1cccc(COC)c1. The van der Waals surface area contributed by atoms with Crippen molar-refractivity contribution in [1.82, 2.24) is 5.32 Å². The van der Waals surface area contributed by atoms with Gasteiger partial charge in [-0.05, 0) is 49.9 Å². The Labute approximate surface area is 122 Å². The van der Waals surface area contributed by atoms with E-state index in [0.717, 1.165) is 24.7 Å². The molecule has 2 unspecified atom stereocenters. The maximum absolute atomic E-state index is 5.26. The Balaban J connectivity index is 1.76. The number of nitrogens with zero attached hydrogens (tertiary/aromatic N) is 1. The van der Waals surface area contributed by atoms with Crippen molar-refractivity contribution in [2.24, 2.45) is 0 Å². The quantitative estimate of drug-likeness (QED) is 0.893. The molecule has 3 heteroatoms. The zero-order valence-electron chi connectivity index (χ0n) is 12.6. The highest BCUT2D eigenvalue weighted by atomic mass is 16.5. The van der Waals surface area contributed by atoms with Gasteiger partial charge in [0, 0.05) is 30.9 Å². The lowest BCUT2D eigenvalue weighted by molar-refractivity contribution is 0.185. The molecule has 20 heavy (non-hydrogen) atoms. The normalized spacial score (nSPS) is 28.9. The van der Waals surface area contributed by atoms with Gasteiger partial charge in [-0.25, -0.2) is 0 Å². The summed E-state index contributed by atoms with van der Waals surface area (Å²) in [5.74, 6) is 0. The predicted molar refractivity (Wildman–Crippen MR) is 83.1 cm³/mol. The minimum absolute atomic E-state index is 0.705. The van der Waals surface area contributed by atoms with Crippen LogP contribution >= 0.6 is 0 Å². The fourth-order valence-electron chi connectivity index (χ4n) is 4.03. The Hall–Kier alpha value is -1.06. The monoisotopic (exact) mass is 274 g/mol. The van der Waals surface area contributed by atoms with Gasteiger partial charge in [-0.3, -0.25) is 0 Å². The van der Waals surface area contributed by atoms with Crippen LogP contribution in [0.25, 0.3) is 0 Å². The number of ether oxygens (including phenoxy) is 1. The number of benzene rings is 1. The molecule has 0 aliphatic carbocycles. The molecular formula is C17H26N2O. The van der Waals surface area contributed by atoms with Gasteiger partial charge in [-0.1, -0.05) is 19.1 Å². The molecule has 2 saturated heterocycles. The summed E-state index contributed by atoms with van der Waals surface area (Å²) in [5, 5.41) is 3.64. The first-order valence-electron chi connectivity index (χ1n) is 7.91. The molecule has 2 atom stereocenters. The minimum atomic E-state index is 0.705. The molecule has 0 saturated carbocycles. The van der Waals surface area contributed by atoms with Crippen molar-refractivity contribution in [3.8, 4) is 0 Å². The predicted octanol–water partition coefficient (Wildman–Crippen LogP) is 2.94. The maximum Gasteiger partial charge on any atom is 0.0713 e. The molecular weight excluding hydrogens is 248 g/mol. The van der Waals surface area contributed by atoms with Crippen LogP contribution in [-0.4, -0.2) is 31.8 Å². The van der Waals surface area contributed by atoms with Crippen molar-refractivity contribution in [1.29, 1.82) is 0 Å². The Morgan fingerprint density at radius 3 is 2.65 bits per heavy atom. The van der Waals surface area contributed by atoms with Crippen LogP contribution in [0.1, 0.15) is 38.2 Å². The van der Waals surface area contributed by atoms with Gasteiger partial charge in [0.25, 0.3) is 0 Å². The van der Waals surface area contributed by atoms with E-state index in [2.05, 4.69) is 41.4 Å². The summed E-state index contributed by atoms with van der Waals surface area (Å²) >= 11 is 0.